The molecule has 18 heavy (non-hydrogen) atoms. The summed E-state index contributed by atoms with van der Waals surface area (Å²) < 4.78 is 4.84. The van der Waals surface area contributed by atoms with Crippen LogP contribution in [0.5, 0.6) is 0 Å². The first kappa shape index (κ1) is 12.4. The van der Waals surface area contributed by atoms with Gasteiger partial charge in [-0.15, -0.1) is 0 Å². The van der Waals surface area contributed by atoms with Gasteiger partial charge in [-0.3, -0.25) is 4.79 Å². The smallest absolute Gasteiger partial charge is 0.244 e. The van der Waals surface area contributed by atoms with Crippen LogP contribution in [-0.2, 0) is 4.79 Å². The summed E-state index contributed by atoms with van der Waals surface area (Å²) in [6, 6.07) is 8.81. The molecule has 1 heterocycles. The van der Waals surface area contributed by atoms with Gasteiger partial charge in [0.15, 0.2) is 5.82 Å². The fourth-order valence-electron chi connectivity index (χ4n) is 1.39. The molecule has 2 rings (SSSR count). The first-order valence-electron chi connectivity index (χ1n) is 5.36. The highest BCUT2D eigenvalue weighted by Gasteiger charge is 2.05. The van der Waals surface area contributed by atoms with E-state index in [0.717, 1.165) is 5.69 Å². The number of carbonyl (C=O) groups is 1. The number of aromatic nitrogens is 1. The number of aryl methyl sites for hydroxylation is 1. The number of nitrogens with zero attached hydrogens (tertiary/aromatic N) is 1. The lowest BCUT2D eigenvalue weighted by molar-refractivity contribution is -0.114. The van der Waals surface area contributed by atoms with Gasteiger partial charge in [-0.1, -0.05) is 22.8 Å². The Morgan fingerprint density at radius 2 is 2.28 bits per heavy atom. The summed E-state index contributed by atoms with van der Waals surface area (Å²) in [5.74, 6) is 0.849. The minimum Gasteiger partial charge on any atom is -0.376 e. The zero-order valence-corrected chi connectivity index (χ0v) is 10.5. The summed E-state index contributed by atoms with van der Waals surface area (Å²) in [4.78, 5) is 11.6. The van der Waals surface area contributed by atoms with Crippen molar-refractivity contribution in [2.24, 2.45) is 0 Å². The van der Waals surface area contributed by atoms with Crippen LogP contribution in [0.2, 0.25) is 5.02 Å². The number of carbonyl (C=O) groups excluding carboxylic acids is 1. The molecule has 0 atom stereocenters. The lowest BCUT2D eigenvalue weighted by Gasteiger charge is -2.05. The summed E-state index contributed by atoms with van der Waals surface area (Å²) in [7, 11) is 0. The second-order valence-electron chi connectivity index (χ2n) is 3.73. The van der Waals surface area contributed by atoms with Crippen LogP contribution < -0.4 is 10.6 Å². The van der Waals surface area contributed by atoms with Crippen LogP contribution in [0.3, 0.4) is 0 Å². The molecule has 1 amide bonds. The number of hydrogen-bond acceptors (Lipinski definition) is 4. The highest BCUT2D eigenvalue weighted by Crippen LogP contribution is 2.14. The molecule has 1 aromatic heterocycles. The average Bonchev–Trinajstić information content (AvgIpc) is 2.72. The van der Waals surface area contributed by atoms with Crippen LogP contribution in [0.1, 0.15) is 5.76 Å². The molecule has 0 fully saturated rings. The zero-order chi connectivity index (χ0) is 13.0. The van der Waals surface area contributed by atoms with Crippen LogP contribution in [0.15, 0.2) is 34.9 Å². The van der Waals surface area contributed by atoms with Crippen LogP contribution >= 0.6 is 11.6 Å². The van der Waals surface area contributed by atoms with Gasteiger partial charge in [-0.05, 0) is 25.1 Å². The number of benzene rings is 1. The van der Waals surface area contributed by atoms with Gasteiger partial charge in [0.1, 0.15) is 5.76 Å². The molecular formula is C12H12ClN3O2. The molecule has 0 radical (unpaired) electrons. The van der Waals surface area contributed by atoms with Crippen molar-refractivity contribution in [3.63, 3.8) is 0 Å². The summed E-state index contributed by atoms with van der Waals surface area (Å²) in [6.45, 7) is 1.89. The molecule has 94 valence electrons. The predicted molar refractivity (Wildman–Crippen MR) is 69.8 cm³/mol. The van der Waals surface area contributed by atoms with Crippen molar-refractivity contribution >= 4 is 29.0 Å². The molecular weight excluding hydrogens is 254 g/mol. The van der Waals surface area contributed by atoms with Gasteiger partial charge in [-0.25, -0.2) is 0 Å². The maximum atomic E-state index is 11.6. The molecule has 0 saturated carbocycles. The van der Waals surface area contributed by atoms with Crippen molar-refractivity contribution < 1.29 is 9.32 Å². The van der Waals surface area contributed by atoms with E-state index in [1.54, 1.807) is 25.1 Å². The maximum absolute atomic E-state index is 11.6. The first-order valence-corrected chi connectivity index (χ1v) is 5.74. The number of halogens is 1. The highest BCUT2D eigenvalue weighted by atomic mass is 35.5. The van der Waals surface area contributed by atoms with E-state index in [1.165, 1.54) is 0 Å². The Hall–Kier alpha value is -2.01. The van der Waals surface area contributed by atoms with Gasteiger partial charge in [0.2, 0.25) is 5.91 Å². The van der Waals surface area contributed by atoms with E-state index in [-0.39, 0.29) is 12.5 Å². The number of anilines is 2. The Bertz CT molecular complexity index is 554. The summed E-state index contributed by atoms with van der Waals surface area (Å²) in [5, 5.41) is 9.85. The molecule has 0 aliphatic carbocycles. The number of amides is 1. The molecule has 2 N–H and O–H groups in total. The topological polar surface area (TPSA) is 67.2 Å². The van der Waals surface area contributed by atoms with Crippen LogP contribution in [0, 0.1) is 6.92 Å². The van der Waals surface area contributed by atoms with Gasteiger partial charge in [0.05, 0.1) is 6.54 Å². The SMILES string of the molecule is Cc1cc(NC(=O)CNc2cccc(Cl)c2)no1. The number of rotatable bonds is 4. The Balaban J connectivity index is 1.85. The standard InChI is InChI=1S/C12H12ClN3O2/c1-8-5-11(16-18-8)15-12(17)7-14-10-4-2-3-9(13)6-10/h2-6,14H,7H2,1H3,(H,15,16,17). The van der Waals surface area contributed by atoms with E-state index in [1.807, 2.05) is 12.1 Å². The van der Waals surface area contributed by atoms with Crippen LogP contribution in [0.25, 0.3) is 0 Å². The monoisotopic (exact) mass is 265 g/mol. The van der Waals surface area contributed by atoms with Gasteiger partial charge in [-0.2, -0.15) is 0 Å². The van der Waals surface area contributed by atoms with Crippen LogP contribution in [-0.4, -0.2) is 17.6 Å². The van der Waals surface area contributed by atoms with Gasteiger partial charge in [0.25, 0.3) is 0 Å². The fourth-order valence-corrected chi connectivity index (χ4v) is 1.58. The highest BCUT2D eigenvalue weighted by molar-refractivity contribution is 6.30. The van der Waals surface area contributed by atoms with Crippen molar-refractivity contribution in [2.45, 2.75) is 6.92 Å². The second-order valence-corrected chi connectivity index (χ2v) is 4.17. The van der Waals surface area contributed by atoms with E-state index < -0.39 is 0 Å². The summed E-state index contributed by atoms with van der Waals surface area (Å²) >= 11 is 5.83. The van der Waals surface area contributed by atoms with E-state index >= 15 is 0 Å². The van der Waals surface area contributed by atoms with Crippen molar-refractivity contribution in [1.82, 2.24) is 5.16 Å². The first-order chi connectivity index (χ1) is 8.63. The number of hydrogen-bond donors (Lipinski definition) is 2. The van der Waals surface area contributed by atoms with Crippen molar-refractivity contribution in [2.75, 3.05) is 17.2 Å². The van der Waals surface area contributed by atoms with Gasteiger partial charge in [0, 0.05) is 16.8 Å². The van der Waals surface area contributed by atoms with E-state index in [2.05, 4.69) is 15.8 Å². The molecule has 0 aliphatic heterocycles. The largest absolute Gasteiger partial charge is 0.376 e. The van der Waals surface area contributed by atoms with Crippen molar-refractivity contribution in [1.29, 1.82) is 0 Å². The Morgan fingerprint density at radius 3 is 2.94 bits per heavy atom. The molecule has 0 aliphatic rings. The molecule has 0 saturated heterocycles. The molecule has 0 unspecified atom stereocenters. The maximum Gasteiger partial charge on any atom is 0.244 e. The van der Waals surface area contributed by atoms with Crippen molar-refractivity contribution in [3.8, 4) is 0 Å². The lowest BCUT2D eigenvalue weighted by Crippen LogP contribution is -2.21. The lowest BCUT2D eigenvalue weighted by atomic mass is 10.3. The predicted octanol–water partition coefficient (Wildman–Crippen LogP) is 2.69. The molecule has 2 aromatic rings. The zero-order valence-electron chi connectivity index (χ0n) is 9.74. The third-order valence-corrected chi connectivity index (χ3v) is 2.41. The van der Waals surface area contributed by atoms with Gasteiger partial charge >= 0.3 is 0 Å². The van der Waals surface area contributed by atoms with Gasteiger partial charge < -0.3 is 15.2 Å². The quantitative estimate of drug-likeness (QED) is 0.892. The normalized spacial score (nSPS) is 10.1. The third-order valence-electron chi connectivity index (χ3n) is 2.17. The van der Waals surface area contributed by atoms with E-state index in [9.17, 15) is 4.79 Å². The second kappa shape index (κ2) is 5.55. The Kier molecular flexibility index (Phi) is 3.84. The third kappa shape index (κ3) is 3.49. The Labute approximate surface area is 109 Å². The molecule has 6 heteroatoms. The summed E-state index contributed by atoms with van der Waals surface area (Å²) in [6.07, 6.45) is 0. The van der Waals surface area contributed by atoms with E-state index in [4.69, 9.17) is 16.1 Å². The molecule has 0 spiro atoms. The molecule has 1 aromatic carbocycles. The van der Waals surface area contributed by atoms with E-state index in [0.29, 0.717) is 16.6 Å². The minimum atomic E-state index is -0.205. The number of nitrogens with one attached hydrogen (secondary N) is 2. The van der Waals surface area contributed by atoms with Crippen LogP contribution in [0.4, 0.5) is 11.5 Å². The minimum absolute atomic E-state index is 0.131. The van der Waals surface area contributed by atoms with Crippen molar-refractivity contribution in [3.05, 3.63) is 41.1 Å². The fraction of sp³-hybridized carbons (Fsp3) is 0.167. The molecule has 5 nitrogen and oxygen atoms in total. The average molecular weight is 266 g/mol. The summed E-state index contributed by atoms with van der Waals surface area (Å²) in [5.41, 5.74) is 0.786. The molecule has 0 bridgehead atoms. The Morgan fingerprint density at radius 1 is 1.44 bits per heavy atom.